The van der Waals surface area contributed by atoms with Crippen molar-refractivity contribution in [2.45, 2.75) is 6.54 Å². The molecule has 0 saturated carbocycles. The number of halogens is 1. The van der Waals surface area contributed by atoms with Gasteiger partial charge in [0.15, 0.2) is 0 Å². The molecule has 0 fully saturated rings. The van der Waals surface area contributed by atoms with Crippen LogP contribution < -0.4 is 0 Å². The van der Waals surface area contributed by atoms with Gasteiger partial charge in [-0.05, 0) is 20.2 Å². The molecule has 0 aliphatic carbocycles. The summed E-state index contributed by atoms with van der Waals surface area (Å²) < 4.78 is 0. The number of hydrogen-bond donors (Lipinski definition) is 2. The van der Waals surface area contributed by atoms with E-state index in [-0.39, 0.29) is 5.69 Å². The molecule has 5 heteroatoms. The number of hydrogen-bond acceptors (Lipinski definition) is 2. The minimum atomic E-state index is -0.994. The Bertz CT molecular complexity index is 320. The maximum Gasteiger partial charge on any atom is 0.352 e. The van der Waals surface area contributed by atoms with Gasteiger partial charge in [-0.15, -0.1) is 0 Å². The van der Waals surface area contributed by atoms with E-state index in [2.05, 4.69) is 4.98 Å². The van der Waals surface area contributed by atoms with Crippen molar-refractivity contribution < 1.29 is 9.90 Å². The molecule has 1 aromatic rings. The zero-order chi connectivity index (χ0) is 10.0. The van der Waals surface area contributed by atoms with Crippen molar-refractivity contribution in [3.63, 3.8) is 0 Å². The predicted molar refractivity (Wildman–Crippen MR) is 50.2 cm³/mol. The van der Waals surface area contributed by atoms with Gasteiger partial charge in [-0.3, -0.25) is 0 Å². The van der Waals surface area contributed by atoms with Crippen LogP contribution in [0.15, 0.2) is 6.07 Å². The Kier molecular flexibility index (Phi) is 2.95. The molecule has 0 saturated heterocycles. The highest BCUT2D eigenvalue weighted by Gasteiger charge is 2.11. The van der Waals surface area contributed by atoms with E-state index in [9.17, 15) is 4.79 Å². The molecule has 4 nitrogen and oxygen atoms in total. The van der Waals surface area contributed by atoms with Gasteiger partial charge in [0.25, 0.3) is 0 Å². The van der Waals surface area contributed by atoms with Crippen molar-refractivity contribution in [2.24, 2.45) is 0 Å². The Morgan fingerprint density at radius 1 is 1.69 bits per heavy atom. The third-order valence-electron chi connectivity index (χ3n) is 1.56. The molecule has 0 aliphatic heterocycles. The summed E-state index contributed by atoms with van der Waals surface area (Å²) in [6.07, 6.45) is 0. The van der Waals surface area contributed by atoms with E-state index in [0.717, 1.165) is 5.56 Å². The van der Waals surface area contributed by atoms with E-state index in [1.54, 1.807) is 6.07 Å². The second-order valence-corrected chi connectivity index (χ2v) is 3.44. The Morgan fingerprint density at radius 2 is 2.31 bits per heavy atom. The van der Waals surface area contributed by atoms with Crippen LogP contribution in [0, 0.1) is 0 Å². The van der Waals surface area contributed by atoms with Gasteiger partial charge in [-0.1, -0.05) is 11.6 Å². The highest BCUT2D eigenvalue weighted by atomic mass is 35.5. The van der Waals surface area contributed by atoms with Crippen LogP contribution in [0.5, 0.6) is 0 Å². The molecule has 0 aromatic carbocycles. The number of nitrogens with one attached hydrogen (secondary N) is 1. The second kappa shape index (κ2) is 3.81. The van der Waals surface area contributed by atoms with Crippen molar-refractivity contribution in [2.75, 3.05) is 14.1 Å². The van der Waals surface area contributed by atoms with Gasteiger partial charge in [0.05, 0.1) is 0 Å². The van der Waals surface area contributed by atoms with E-state index in [1.165, 1.54) is 0 Å². The molecule has 0 unspecified atom stereocenters. The number of rotatable bonds is 3. The van der Waals surface area contributed by atoms with Gasteiger partial charge in [0, 0.05) is 12.1 Å². The fourth-order valence-corrected chi connectivity index (χ4v) is 1.26. The van der Waals surface area contributed by atoms with Crippen LogP contribution >= 0.6 is 11.6 Å². The highest BCUT2D eigenvalue weighted by Crippen LogP contribution is 2.17. The van der Waals surface area contributed by atoms with Crippen LogP contribution in [0.3, 0.4) is 0 Å². The first-order valence-electron chi connectivity index (χ1n) is 3.76. The zero-order valence-corrected chi connectivity index (χ0v) is 8.22. The van der Waals surface area contributed by atoms with Crippen molar-refractivity contribution in [3.8, 4) is 0 Å². The first-order valence-corrected chi connectivity index (χ1v) is 4.14. The topological polar surface area (TPSA) is 56.3 Å². The third kappa shape index (κ3) is 2.47. The summed E-state index contributed by atoms with van der Waals surface area (Å²) in [6, 6.07) is 1.55. The number of carboxylic acid groups (broad SMARTS) is 1. The van der Waals surface area contributed by atoms with Gasteiger partial charge >= 0.3 is 5.97 Å². The molecule has 0 bridgehead atoms. The summed E-state index contributed by atoms with van der Waals surface area (Å²) >= 11 is 5.79. The summed E-state index contributed by atoms with van der Waals surface area (Å²) in [6.45, 7) is 0.628. The maximum absolute atomic E-state index is 10.5. The van der Waals surface area contributed by atoms with Crippen LogP contribution in [-0.4, -0.2) is 35.1 Å². The summed E-state index contributed by atoms with van der Waals surface area (Å²) in [5.41, 5.74) is 0.922. The molecule has 1 rings (SSSR count). The summed E-state index contributed by atoms with van der Waals surface area (Å²) in [4.78, 5) is 15.1. The Labute approximate surface area is 81.1 Å². The number of aromatic carboxylic acids is 1. The SMILES string of the molecule is CN(C)Cc1cc(C(=O)O)[nH]c1Cl. The summed E-state index contributed by atoms with van der Waals surface area (Å²) in [5, 5.41) is 9.05. The Morgan fingerprint density at radius 3 is 2.69 bits per heavy atom. The monoisotopic (exact) mass is 202 g/mol. The smallest absolute Gasteiger partial charge is 0.352 e. The molecule has 0 amide bonds. The van der Waals surface area contributed by atoms with E-state index in [0.29, 0.717) is 11.7 Å². The van der Waals surface area contributed by atoms with Crippen molar-refractivity contribution in [1.82, 2.24) is 9.88 Å². The summed E-state index contributed by atoms with van der Waals surface area (Å²) in [7, 11) is 3.79. The van der Waals surface area contributed by atoms with E-state index in [4.69, 9.17) is 16.7 Å². The van der Waals surface area contributed by atoms with Crippen LogP contribution in [0.1, 0.15) is 16.1 Å². The first kappa shape index (κ1) is 10.1. The molecule has 0 aliphatic rings. The molecule has 2 N–H and O–H groups in total. The second-order valence-electron chi connectivity index (χ2n) is 3.07. The lowest BCUT2D eigenvalue weighted by molar-refractivity contribution is 0.0691. The average molecular weight is 203 g/mol. The van der Waals surface area contributed by atoms with Gasteiger partial charge in [-0.25, -0.2) is 4.79 Å². The molecule has 0 radical (unpaired) electrons. The number of aromatic amines is 1. The summed E-state index contributed by atoms with van der Waals surface area (Å²) in [5.74, 6) is -0.994. The third-order valence-corrected chi connectivity index (χ3v) is 1.90. The van der Waals surface area contributed by atoms with Gasteiger partial charge < -0.3 is 15.0 Å². The molecule has 0 atom stereocenters. The number of aromatic nitrogens is 1. The van der Waals surface area contributed by atoms with Crippen molar-refractivity contribution in [3.05, 3.63) is 22.5 Å². The number of nitrogens with zero attached hydrogens (tertiary/aromatic N) is 1. The van der Waals surface area contributed by atoms with Crippen LogP contribution in [-0.2, 0) is 6.54 Å². The van der Waals surface area contributed by atoms with Gasteiger partial charge in [0.1, 0.15) is 10.8 Å². The predicted octanol–water partition coefficient (Wildman–Crippen LogP) is 1.43. The van der Waals surface area contributed by atoms with Crippen LogP contribution in [0.2, 0.25) is 5.15 Å². The van der Waals surface area contributed by atoms with Crippen LogP contribution in [0.25, 0.3) is 0 Å². The fraction of sp³-hybridized carbons (Fsp3) is 0.375. The molecule has 1 heterocycles. The largest absolute Gasteiger partial charge is 0.477 e. The molecule has 0 spiro atoms. The Hall–Kier alpha value is -1.00. The lowest BCUT2D eigenvalue weighted by Gasteiger charge is -2.07. The lowest BCUT2D eigenvalue weighted by atomic mass is 10.3. The standard InChI is InChI=1S/C8H11ClN2O2/c1-11(2)4-5-3-6(8(12)13)10-7(5)9/h3,10H,4H2,1-2H3,(H,12,13). The minimum absolute atomic E-state index is 0.127. The molecule has 1 aromatic heterocycles. The number of H-pyrrole nitrogens is 1. The normalized spacial score (nSPS) is 10.8. The Balaban J connectivity index is 2.90. The molecular formula is C8H11ClN2O2. The average Bonchev–Trinajstić information content (AvgIpc) is 2.31. The quantitative estimate of drug-likeness (QED) is 0.780. The molecular weight excluding hydrogens is 192 g/mol. The number of carboxylic acids is 1. The van der Waals surface area contributed by atoms with E-state index < -0.39 is 5.97 Å². The maximum atomic E-state index is 10.5. The minimum Gasteiger partial charge on any atom is -0.477 e. The fourth-order valence-electron chi connectivity index (χ4n) is 1.04. The molecule has 13 heavy (non-hydrogen) atoms. The molecule has 72 valence electrons. The zero-order valence-electron chi connectivity index (χ0n) is 7.47. The van der Waals surface area contributed by atoms with Gasteiger partial charge in [-0.2, -0.15) is 0 Å². The van der Waals surface area contributed by atoms with E-state index >= 15 is 0 Å². The highest BCUT2D eigenvalue weighted by molar-refractivity contribution is 6.30. The van der Waals surface area contributed by atoms with Crippen LogP contribution in [0.4, 0.5) is 0 Å². The van der Waals surface area contributed by atoms with Crippen molar-refractivity contribution >= 4 is 17.6 Å². The van der Waals surface area contributed by atoms with Gasteiger partial charge in [0.2, 0.25) is 0 Å². The number of carbonyl (C=O) groups is 1. The van der Waals surface area contributed by atoms with E-state index in [1.807, 2.05) is 19.0 Å². The first-order chi connectivity index (χ1) is 6.00. The lowest BCUT2D eigenvalue weighted by Crippen LogP contribution is -2.10. The van der Waals surface area contributed by atoms with Crippen molar-refractivity contribution in [1.29, 1.82) is 0 Å².